The smallest absolute Gasteiger partial charge is 0.328 e. The van der Waals surface area contributed by atoms with Gasteiger partial charge < -0.3 is 107 Å². The fraction of sp³-hybridized carbons (Fsp3) is 0.674. The fourth-order valence-electron chi connectivity index (χ4n) is 7.73. The third-order valence-electron chi connectivity index (χ3n) is 12.5. The summed E-state index contributed by atoms with van der Waals surface area (Å²) in [6.45, 7) is -0.952. The van der Waals surface area contributed by atoms with Crippen molar-refractivity contribution in [2.45, 2.75) is 151 Å². The van der Waals surface area contributed by atoms with Crippen molar-refractivity contribution in [3.63, 3.8) is 0 Å². The minimum atomic E-state index is -1.88. The van der Waals surface area contributed by atoms with E-state index in [1.165, 1.54) is 6.92 Å². The minimum Gasteiger partial charge on any atom is -0.481 e. The number of primary amides is 3. The number of rotatable bonds is 39. The molecule has 0 radical (unpaired) electrons. The van der Waals surface area contributed by atoms with Crippen LogP contribution in [-0.2, 0) is 71.9 Å². The van der Waals surface area contributed by atoms with Crippen LogP contribution in [0.5, 0.6) is 0 Å². The molecule has 0 aliphatic carbocycles. The second-order valence-electron chi connectivity index (χ2n) is 18.8. The highest BCUT2D eigenvalue weighted by Crippen LogP contribution is 2.20. The van der Waals surface area contributed by atoms with E-state index < -0.39 is 207 Å². The summed E-state index contributed by atoms with van der Waals surface area (Å²) >= 11 is 0. The molecule has 0 aromatic rings. The lowest BCUT2D eigenvalue weighted by atomic mass is 9.97. The molecule has 13 amide bonds. The lowest BCUT2D eigenvalue weighted by Gasteiger charge is -2.30. The molecule has 35 nitrogen and oxygen atoms in total. The maximum absolute atomic E-state index is 14.2. The lowest BCUT2D eigenvalue weighted by Crippen LogP contribution is -2.61. The molecule has 35 heteroatoms. The number of aliphatic hydroxyl groups is 3. The Morgan fingerprint density at radius 3 is 1.59 bits per heavy atom. The summed E-state index contributed by atoms with van der Waals surface area (Å²) < 4.78 is 0. The third kappa shape index (κ3) is 25.2. The van der Waals surface area contributed by atoms with Gasteiger partial charge in [-0.05, 0) is 57.4 Å². The third-order valence-corrected chi connectivity index (χ3v) is 12.5. The van der Waals surface area contributed by atoms with Crippen molar-refractivity contribution in [2.24, 2.45) is 34.6 Å². The zero-order chi connectivity index (χ0) is 61.7. The maximum Gasteiger partial charge on any atom is 0.328 e. The quantitative estimate of drug-likeness (QED) is 0.0254. The van der Waals surface area contributed by atoms with E-state index in [1.54, 1.807) is 6.92 Å². The van der Waals surface area contributed by atoms with Gasteiger partial charge in [-0.25, -0.2) is 4.79 Å². The topological polar surface area (TPSA) is 599 Å². The number of nitrogens with two attached hydrogens (primary N) is 5. The Labute approximate surface area is 463 Å². The van der Waals surface area contributed by atoms with E-state index in [-0.39, 0.29) is 64.5 Å². The average Bonchev–Trinajstić information content (AvgIpc) is 3.98. The van der Waals surface area contributed by atoms with Crippen LogP contribution < -0.4 is 76.5 Å². The van der Waals surface area contributed by atoms with E-state index in [2.05, 4.69) is 47.9 Å². The van der Waals surface area contributed by atoms with Gasteiger partial charge in [-0.15, -0.1) is 0 Å². The first-order valence-electron chi connectivity index (χ1n) is 25.6. The molecule has 11 atom stereocenters. The Bertz CT molecular complexity index is 2280. The number of nitrogens with one attached hydrogen (secondary N) is 9. The van der Waals surface area contributed by atoms with Crippen LogP contribution in [-0.4, -0.2) is 219 Å². The Hall–Kier alpha value is -8.15. The van der Waals surface area contributed by atoms with Gasteiger partial charge in [-0.3, -0.25) is 67.1 Å². The van der Waals surface area contributed by atoms with E-state index in [1.807, 2.05) is 0 Å². The molecule has 0 bridgehead atoms. The summed E-state index contributed by atoms with van der Waals surface area (Å²) in [5.74, 6) is -17.7. The van der Waals surface area contributed by atoms with Crippen molar-refractivity contribution >= 4 is 88.7 Å². The summed E-state index contributed by atoms with van der Waals surface area (Å²) in [5.41, 5.74) is 27.1. The number of hydrogen-bond acceptors (Lipinski definition) is 20. The predicted octanol–water partition coefficient (Wildman–Crippen LogP) is -10.6. The lowest BCUT2D eigenvalue weighted by molar-refractivity contribution is -0.144. The molecule has 0 aromatic carbocycles. The average molecular weight is 1160 g/mol. The molecule has 0 unspecified atom stereocenters. The number of nitrogens with zero attached hydrogens (tertiary/aromatic N) is 1. The van der Waals surface area contributed by atoms with Crippen LogP contribution in [0.25, 0.3) is 0 Å². The van der Waals surface area contributed by atoms with Gasteiger partial charge in [0.05, 0.1) is 45.2 Å². The van der Waals surface area contributed by atoms with Crippen molar-refractivity contribution in [1.82, 2.24) is 52.8 Å². The van der Waals surface area contributed by atoms with Gasteiger partial charge >= 0.3 is 11.9 Å². The summed E-state index contributed by atoms with van der Waals surface area (Å²) in [7, 11) is 0. The van der Waals surface area contributed by atoms with Gasteiger partial charge in [-0.1, -0.05) is 20.3 Å². The number of carbonyl (C=O) groups excluding carboxylic acids is 13. The largest absolute Gasteiger partial charge is 0.481 e. The van der Waals surface area contributed by atoms with Crippen LogP contribution in [0, 0.1) is 5.92 Å². The van der Waals surface area contributed by atoms with Crippen LogP contribution in [0.2, 0.25) is 0 Å². The zero-order valence-corrected chi connectivity index (χ0v) is 44.8. The molecule has 1 saturated heterocycles. The molecule has 1 rings (SSSR count). The highest BCUT2D eigenvalue weighted by atomic mass is 16.4. The van der Waals surface area contributed by atoms with Crippen LogP contribution in [0.3, 0.4) is 0 Å². The second-order valence-corrected chi connectivity index (χ2v) is 18.8. The molecule has 0 spiro atoms. The molecule has 24 N–H and O–H groups in total. The number of carboxylic acid groups (broad SMARTS) is 2. The number of likely N-dealkylation sites (tertiary alicyclic amines) is 1. The summed E-state index contributed by atoms with van der Waals surface area (Å²) in [6, 6.07) is -16.5. The number of carbonyl (C=O) groups is 15. The summed E-state index contributed by atoms with van der Waals surface area (Å²) in [5, 5.41) is 67.9. The molecule has 0 aromatic heterocycles. The van der Waals surface area contributed by atoms with Crippen LogP contribution in [0.15, 0.2) is 0 Å². The first-order chi connectivity index (χ1) is 38.0. The first kappa shape index (κ1) is 70.9. The zero-order valence-electron chi connectivity index (χ0n) is 44.8. The van der Waals surface area contributed by atoms with Gasteiger partial charge in [0.1, 0.15) is 54.4 Å². The van der Waals surface area contributed by atoms with Crippen molar-refractivity contribution in [3.05, 3.63) is 0 Å². The Morgan fingerprint density at radius 2 is 1.06 bits per heavy atom. The summed E-state index contributed by atoms with van der Waals surface area (Å²) in [6.07, 6.45) is -3.00. The number of unbranched alkanes of at least 4 members (excludes halogenated alkanes) is 1. The number of carboxylic acids is 2. The van der Waals surface area contributed by atoms with Gasteiger partial charge in [0, 0.05) is 19.4 Å². The minimum absolute atomic E-state index is 0.0856. The molecular weight excluding hydrogens is 1080 g/mol. The molecule has 456 valence electrons. The van der Waals surface area contributed by atoms with E-state index in [0.29, 0.717) is 0 Å². The molecule has 1 aliphatic heterocycles. The van der Waals surface area contributed by atoms with Gasteiger partial charge in [0.2, 0.25) is 76.8 Å². The number of amides is 13. The van der Waals surface area contributed by atoms with Crippen LogP contribution in [0.4, 0.5) is 0 Å². The van der Waals surface area contributed by atoms with Crippen molar-refractivity contribution in [1.29, 1.82) is 0 Å². The van der Waals surface area contributed by atoms with E-state index in [0.717, 1.165) is 4.90 Å². The Balaban J connectivity index is 3.33. The van der Waals surface area contributed by atoms with Gasteiger partial charge in [0.15, 0.2) is 0 Å². The maximum atomic E-state index is 14.2. The SMILES string of the molecule is CC[C@H](C)[C@H](NC(=O)[C@H](CCC(=O)O)NC(=O)[C@H](CO)NC(=O)[C@@H]1CCCN1C(=O)[C@H](CC(N)=O)NC(=O)[C@H](CCCCN)NC(=O)[C@H](CC(N)=O)NC(=O)CNC(=O)[C@H](CO)NC(=O)[C@@H](N)CCC(N)=O)C(=O)N[C@@H](CO)C(=O)O. The highest BCUT2D eigenvalue weighted by Gasteiger charge is 2.41. The normalized spacial score (nSPS) is 16.5. The van der Waals surface area contributed by atoms with E-state index >= 15 is 0 Å². The summed E-state index contributed by atoms with van der Waals surface area (Å²) in [4.78, 5) is 193. The van der Waals surface area contributed by atoms with Crippen molar-refractivity contribution < 1.29 is 97.5 Å². The molecule has 1 aliphatic rings. The van der Waals surface area contributed by atoms with Gasteiger partial charge in [0.25, 0.3) is 0 Å². The molecule has 0 saturated carbocycles. The Kier molecular flexibility index (Phi) is 31.6. The first-order valence-corrected chi connectivity index (χ1v) is 25.6. The number of aliphatic carboxylic acids is 2. The Morgan fingerprint density at radius 1 is 0.556 bits per heavy atom. The van der Waals surface area contributed by atoms with Gasteiger partial charge in [-0.2, -0.15) is 0 Å². The molecule has 81 heavy (non-hydrogen) atoms. The van der Waals surface area contributed by atoms with Crippen molar-refractivity contribution in [3.8, 4) is 0 Å². The highest BCUT2D eigenvalue weighted by molar-refractivity contribution is 6.00. The van der Waals surface area contributed by atoms with E-state index in [4.69, 9.17) is 28.7 Å². The van der Waals surface area contributed by atoms with Crippen LogP contribution >= 0.6 is 0 Å². The predicted molar refractivity (Wildman–Crippen MR) is 275 cm³/mol. The molecular formula is C46H77N15O20. The number of aliphatic hydroxyl groups excluding tert-OH is 3. The van der Waals surface area contributed by atoms with E-state index in [9.17, 15) is 97.5 Å². The van der Waals surface area contributed by atoms with Crippen LogP contribution in [0.1, 0.15) is 90.9 Å². The monoisotopic (exact) mass is 1160 g/mol. The standard InChI is InChI=1S/C46H77N15O20/c1-3-21(2)36(44(78)59-29(20-64)46(80)81)60-40(74)24(10-12-35(69)70)55-42(76)28(19-63)58-43(77)30-8-6-14-61(30)45(79)26(16-33(51)67)56-39(73)23(7-4-5-13-47)54-41(75)25(15-32(50)66)53-34(68)17-52-38(72)27(18-62)57-37(71)22(48)9-11-31(49)65/h21-30,36,62-64H,3-20,47-48H2,1-2H3,(H2,49,65)(H2,50,66)(H2,51,67)(H,52,72)(H,53,68)(H,54,75)(H,55,76)(H,56,73)(H,57,71)(H,58,77)(H,59,78)(H,60,74)(H,69,70)(H,80,81)/t21-,22-,23-,24-,25-,26-,27-,28-,29-,30-,36-/m0/s1. The molecule has 1 fully saturated rings. The fourth-order valence-corrected chi connectivity index (χ4v) is 7.73. The molecule has 1 heterocycles. The van der Waals surface area contributed by atoms with Crippen molar-refractivity contribution in [2.75, 3.05) is 39.5 Å². The second kappa shape index (κ2) is 36.2. The number of hydrogen-bond donors (Lipinski definition) is 19.